The Balaban J connectivity index is 1.56. The zero-order chi connectivity index (χ0) is 30.5. The fourth-order valence-corrected chi connectivity index (χ4v) is 4.61. The molecule has 0 radical (unpaired) electrons. The van der Waals surface area contributed by atoms with Crippen LogP contribution in [-0.2, 0) is 11.3 Å². The Morgan fingerprint density at radius 1 is 1.02 bits per heavy atom. The van der Waals surface area contributed by atoms with Crippen molar-refractivity contribution < 1.29 is 32.9 Å². The summed E-state index contributed by atoms with van der Waals surface area (Å²) in [6.45, 7) is 0.915. The average molecular weight is 590 g/mol. The topological polar surface area (TPSA) is 120 Å². The summed E-state index contributed by atoms with van der Waals surface area (Å²) in [5.74, 6) is -0.547. The molecule has 0 aliphatic rings. The molecule has 0 atom stereocenters. The third-order valence-electron chi connectivity index (χ3n) is 6.76. The van der Waals surface area contributed by atoms with Crippen LogP contribution in [0.25, 0.3) is 22.2 Å². The molecule has 5 rings (SSSR count). The molecule has 0 spiro atoms. The zero-order valence-corrected chi connectivity index (χ0v) is 23.6. The molecule has 222 valence electrons. The van der Waals surface area contributed by atoms with Crippen molar-refractivity contribution in [1.29, 1.82) is 0 Å². The van der Waals surface area contributed by atoms with Crippen LogP contribution in [0.3, 0.4) is 0 Å². The number of hydrogen-bond acceptors (Lipinski definition) is 8. The van der Waals surface area contributed by atoms with Gasteiger partial charge >= 0.3 is 0 Å². The minimum absolute atomic E-state index is 0.0129. The molecule has 0 saturated carbocycles. The molecule has 10 nitrogen and oxygen atoms in total. The first kappa shape index (κ1) is 29.3. The molecule has 2 aromatic carbocycles. The van der Waals surface area contributed by atoms with E-state index in [0.717, 1.165) is 17.7 Å². The van der Waals surface area contributed by atoms with Crippen LogP contribution >= 0.6 is 0 Å². The Kier molecular flexibility index (Phi) is 8.67. The summed E-state index contributed by atoms with van der Waals surface area (Å²) < 4.78 is 46.9. The monoisotopic (exact) mass is 589 g/mol. The predicted octanol–water partition coefficient (Wildman–Crippen LogP) is 5.27. The molecule has 0 saturated heterocycles. The van der Waals surface area contributed by atoms with Crippen LogP contribution in [0.15, 0.2) is 67.0 Å². The first-order chi connectivity index (χ1) is 20.8. The van der Waals surface area contributed by atoms with Gasteiger partial charge in [0.05, 0.1) is 60.8 Å². The summed E-state index contributed by atoms with van der Waals surface area (Å²) in [4.78, 5) is 21.2. The van der Waals surface area contributed by atoms with Crippen molar-refractivity contribution in [2.24, 2.45) is 0 Å². The Morgan fingerprint density at radius 3 is 2.49 bits per heavy atom. The van der Waals surface area contributed by atoms with E-state index in [-0.39, 0.29) is 35.1 Å². The lowest BCUT2D eigenvalue weighted by atomic mass is 10.1. The fraction of sp³-hybridized carbons (Fsp3) is 0.194. The quantitative estimate of drug-likeness (QED) is 0.178. The summed E-state index contributed by atoms with van der Waals surface area (Å²) in [5.41, 5.74) is 1.35. The highest BCUT2D eigenvalue weighted by Crippen LogP contribution is 2.39. The first-order valence-corrected chi connectivity index (χ1v) is 13.2. The van der Waals surface area contributed by atoms with Crippen molar-refractivity contribution in [3.63, 3.8) is 0 Å². The molecule has 1 amide bonds. The molecule has 0 fully saturated rings. The highest BCUT2D eigenvalue weighted by atomic mass is 19.1. The number of nitrogens with zero attached hydrogens (tertiary/aromatic N) is 3. The van der Waals surface area contributed by atoms with E-state index in [1.165, 1.54) is 32.5 Å². The first-order valence-electron chi connectivity index (χ1n) is 13.2. The number of fused-ring (bicyclic) bond motifs is 1. The van der Waals surface area contributed by atoms with E-state index in [9.17, 15) is 18.7 Å². The zero-order valence-electron chi connectivity index (χ0n) is 23.6. The molecule has 3 heterocycles. The highest BCUT2D eigenvalue weighted by Gasteiger charge is 2.21. The molecule has 0 aliphatic carbocycles. The molecule has 43 heavy (non-hydrogen) atoms. The van der Waals surface area contributed by atoms with Gasteiger partial charge in [-0.25, -0.2) is 18.7 Å². The van der Waals surface area contributed by atoms with Crippen LogP contribution in [0.4, 0.5) is 20.3 Å². The Labute approximate surface area is 245 Å². The number of pyridine rings is 2. The second-order valence-electron chi connectivity index (χ2n) is 9.48. The van der Waals surface area contributed by atoms with E-state index in [0.29, 0.717) is 47.1 Å². The van der Waals surface area contributed by atoms with Gasteiger partial charge in [0, 0.05) is 37.7 Å². The fourth-order valence-electron chi connectivity index (χ4n) is 4.61. The summed E-state index contributed by atoms with van der Waals surface area (Å²) in [6, 6.07) is 13.5. The summed E-state index contributed by atoms with van der Waals surface area (Å²) in [6.07, 6.45) is 2.98. The number of ether oxygens (including phenoxy) is 3. The number of anilines is 2. The number of rotatable bonds is 11. The minimum Gasteiger partial charge on any atom is -0.497 e. The summed E-state index contributed by atoms with van der Waals surface area (Å²) in [5, 5.41) is 17.5. The molecule has 12 heteroatoms. The summed E-state index contributed by atoms with van der Waals surface area (Å²) in [7, 11) is 4.62. The SMILES string of the molecule is COCCNC(=O)c1ccc(Nc2cc(-c3c(F)cccc3F)nc3cn(Cc4ccc(OC)cc4OC)c(O)c23)nc1. The number of nitrogens with one attached hydrogen (secondary N) is 2. The molecule has 3 aromatic heterocycles. The van der Waals surface area contributed by atoms with Crippen LogP contribution in [-0.4, -0.2) is 60.0 Å². The van der Waals surface area contributed by atoms with Gasteiger partial charge < -0.3 is 34.5 Å². The van der Waals surface area contributed by atoms with E-state index in [4.69, 9.17) is 14.2 Å². The predicted molar refractivity (Wildman–Crippen MR) is 157 cm³/mol. The Bertz CT molecular complexity index is 1760. The third-order valence-corrected chi connectivity index (χ3v) is 6.76. The number of amides is 1. The molecule has 0 bridgehead atoms. The number of carbonyl (C=O) groups excluding carboxylic acids is 1. The average Bonchev–Trinajstić information content (AvgIpc) is 3.32. The second-order valence-corrected chi connectivity index (χ2v) is 9.48. The van der Waals surface area contributed by atoms with Crippen molar-refractivity contribution in [3.8, 4) is 28.6 Å². The molecule has 0 aliphatic heterocycles. The van der Waals surface area contributed by atoms with Crippen LogP contribution in [0.1, 0.15) is 15.9 Å². The molecular weight excluding hydrogens is 560 g/mol. The number of hydrogen-bond donors (Lipinski definition) is 3. The Hall–Kier alpha value is -5.23. The largest absolute Gasteiger partial charge is 0.497 e. The van der Waals surface area contributed by atoms with Gasteiger partial charge in [0.25, 0.3) is 5.91 Å². The van der Waals surface area contributed by atoms with Crippen LogP contribution in [0, 0.1) is 11.6 Å². The number of aromatic hydroxyl groups is 1. The maximum absolute atomic E-state index is 14.8. The summed E-state index contributed by atoms with van der Waals surface area (Å²) >= 11 is 0. The van der Waals surface area contributed by atoms with Crippen molar-refractivity contribution in [3.05, 3.63) is 89.8 Å². The van der Waals surface area contributed by atoms with Crippen LogP contribution in [0.5, 0.6) is 17.4 Å². The number of halogens is 2. The maximum atomic E-state index is 14.8. The lowest BCUT2D eigenvalue weighted by molar-refractivity contribution is 0.0936. The van der Waals surface area contributed by atoms with Crippen molar-refractivity contribution in [2.75, 3.05) is 39.8 Å². The van der Waals surface area contributed by atoms with Gasteiger partial charge in [-0.2, -0.15) is 0 Å². The number of benzene rings is 2. The number of methoxy groups -OCH3 is 3. The van der Waals surface area contributed by atoms with Gasteiger partial charge in [0.2, 0.25) is 5.88 Å². The molecule has 0 unspecified atom stereocenters. The van der Waals surface area contributed by atoms with E-state index in [1.54, 1.807) is 42.1 Å². The maximum Gasteiger partial charge on any atom is 0.252 e. The van der Waals surface area contributed by atoms with Crippen LogP contribution in [0.2, 0.25) is 0 Å². The van der Waals surface area contributed by atoms with E-state index >= 15 is 0 Å². The van der Waals surface area contributed by atoms with Gasteiger partial charge in [-0.05, 0) is 42.5 Å². The van der Waals surface area contributed by atoms with Crippen molar-refractivity contribution >= 4 is 28.3 Å². The van der Waals surface area contributed by atoms with Gasteiger partial charge in [-0.3, -0.25) is 4.79 Å². The van der Waals surface area contributed by atoms with Gasteiger partial charge in [0.15, 0.2) is 0 Å². The third kappa shape index (κ3) is 6.19. The molecule has 3 N–H and O–H groups in total. The van der Waals surface area contributed by atoms with Gasteiger partial charge in [0.1, 0.15) is 29.0 Å². The van der Waals surface area contributed by atoms with Crippen LogP contribution < -0.4 is 20.1 Å². The lowest BCUT2D eigenvalue weighted by Gasteiger charge is -2.13. The lowest BCUT2D eigenvalue weighted by Crippen LogP contribution is -2.26. The molecular formula is C31H29F2N5O5. The normalized spacial score (nSPS) is 11.0. The highest BCUT2D eigenvalue weighted by molar-refractivity contribution is 5.99. The van der Waals surface area contributed by atoms with E-state index in [1.807, 2.05) is 6.07 Å². The minimum atomic E-state index is -0.786. The van der Waals surface area contributed by atoms with Gasteiger partial charge in [-0.15, -0.1) is 0 Å². The standard InChI is InChI=1S/C31H29F2N5O5/c1-41-12-11-34-30(39)18-8-10-27(35-15-18)37-24-14-23(28-21(32)5-4-6-22(28)33)36-25-17-38(31(40)29(24)25)16-19-7-9-20(42-2)13-26(19)43-3/h4-10,13-15,17,40H,11-12,16H2,1-3H3,(H,34,39)(H,35,37). The Morgan fingerprint density at radius 2 is 1.81 bits per heavy atom. The second kappa shape index (κ2) is 12.7. The van der Waals surface area contributed by atoms with Crippen molar-refractivity contribution in [1.82, 2.24) is 19.9 Å². The number of aromatic nitrogens is 3. The molecule has 5 aromatic rings. The van der Waals surface area contributed by atoms with Crippen molar-refractivity contribution in [2.45, 2.75) is 6.54 Å². The van der Waals surface area contributed by atoms with Gasteiger partial charge in [-0.1, -0.05) is 6.07 Å². The van der Waals surface area contributed by atoms with E-state index in [2.05, 4.69) is 20.6 Å². The smallest absolute Gasteiger partial charge is 0.252 e. The van der Waals surface area contributed by atoms with E-state index < -0.39 is 11.6 Å². The number of carbonyl (C=O) groups is 1.